The van der Waals surface area contributed by atoms with Crippen molar-refractivity contribution in [1.82, 2.24) is 4.90 Å². The van der Waals surface area contributed by atoms with Gasteiger partial charge in [-0.05, 0) is 35.0 Å². The number of aliphatic hydroxyl groups is 1. The van der Waals surface area contributed by atoms with Gasteiger partial charge in [-0.15, -0.1) is 0 Å². The molecule has 2 heterocycles. The van der Waals surface area contributed by atoms with E-state index in [4.69, 9.17) is 0 Å². The monoisotopic (exact) mass is 491 g/mol. The molecule has 186 valence electrons. The van der Waals surface area contributed by atoms with E-state index in [1.54, 1.807) is 23.1 Å². The number of ketones is 1. The Kier molecular flexibility index (Phi) is 5.99. The Morgan fingerprint density at radius 1 is 0.784 bits per heavy atom. The molecular formula is C31H29N3O3. The van der Waals surface area contributed by atoms with Crippen LogP contribution in [0.3, 0.4) is 0 Å². The second-order valence-corrected chi connectivity index (χ2v) is 9.85. The van der Waals surface area contributed by atoms with Crippen LogP contribution in [0.25, 0.3) is 10.8 Å². The number of para-hydroxylation sites is 2. The van der Waals surface area contributed by atoms with Crippen LogP contribution >= 0.6 is 0 Å². The summed E-state index contributed by atoms with van der Waals surface area (Å²) in [6, 6.07) is 30.9. The van der Waals surface area contributed by atoms with E-state index in [1.165, 1.54) is 5.69 Å². The van der Waals surface area contributed by atoms with Gasteiger partial charge in [0.05, 0.1) is 18.8 Å². The first-order chi connectivity index (χ1) is 18.0. The number of piperazine rings is 1. The third-order valence-corrected chi connectivity index (χ3v) is 7.56. The summed E-state index contributed by atoms with van der Waals surface area (Å²) >= 11 is 0. The lowest BCUT2D eigenvalue weighted by atomic mass is 9.88. The highest BCUT2D eigenvalue weighted by molar-refractivity contribution is 6.11. The standard InChI is InChI=1S/C31H29N3O3/c35-29(25-15-14-23-8-4-5-9-24(23)20-25)21-31(37)27-12-6-7-13-28(27)34(30(31)36)22-32-16-18-33(19-17-32)26-10-2-1-3-11-26/h1-15,20,37H,16-19,21-22H2. The minimum absolute atomic E-state index is 0.255. The molecule has 37 heavy (non-hydrogen) atoms. The van der Waals surface area contributed by atoms with Gasteiger partial charge >= 0.3 is 0 Å². The van der Waals surface area contributed by atoms with Gasteiger partial charge in [-0.25, -0.2) is 0 Å². The smallest absolute Gasteiger partial charge is 0.265 e. The van der Waals surface area contributed by atoms with Crippen molar-refractivity contribution >= 4 is 33.8 Å². The van der Waals surface area contributed by atoms with Gasteiger partial charge in [0.2, 0.25) is 0 Å². The van der Waals surface area contributed by atoms with Gasteiger partial charge in [-0.3, -0.25) is 19.4 Å². The zero-order valence-electron chi connectivity index (χ0n) is 20.6. The molecule has 1 unspecified atom stereocenters. The first kappa shape index (κ1) is 23.4. The fourth-order valence-corrected chi connectivity index (χ4v) is 5.50. The van der Waals surface area contributed by atoms with Gasteiger partial charge in [-0.1, -0.05) is 72.8 Å². The molecule has 1 fully saturated rings. The molecule has 0 radical (unpaired) electrons. The molecule has 0 aromatic heterocycles. The molecule has 0 saturated carbocycles. The number of carbonyl (C=O) groups is 2. The van der Waals surface area contributed by atoms with Crippen LogP contribution in [-0.2, 0) is 10.4 Å². The van der Waals surface area contributed by atoms with E-state index >= 15 is 0 Å². The summed E-state index contributed by atoms with van der Waals surface area (Å²) in [5.74, 6) is -0.692. The van der Waals surface area contributed by atoms with Gasteiger partial charge < -0.3 is 10.0 Å². The molecule has 0 bridgehead atoms. The molecule has 0 spiro atoms. The van der Waals surface area contributed by atoms with Crippen molar-refractivity contribution in [1.29, 1.82) is 0 Å². The number of hydrogen-bond acceptors (Lipinski definition) is 5. The van der Waals surface area contributed by atoms with Crippen LogP contribution in [0.2, 0.25) is 0 Å². The minimum Gasteiger partial charge on any atom is -0.375 e. The SMILES string of the molecule is O=C(CC1(O)C(=O)N(CN2CCN(c3ccccc3)CC2)c2ccccc21)c1ccc2ccccc2c1. The predicted octanol–water partition coefficient (Wildman–Crippen LogP) is 4.43. The summed E-state index contributed by atoms with van der Waals surface area (Å²) in [4.78, 5) is 33.2. The first-order valence-corrected chi connectivity index (χ1v) is 12.7. The molecule has 1 saturated heterocycles. The quantitative estimate of drug-likeness (QED) is 0.405. The van der Waals surface area contributed by atoms with Gasteiger partial charge in [0, 0.05) is 43.0 Å². The van der Waals surface area contributed by atoms with Crippen molar-refractivity contribution in [3.8, 4) is 0 Å². The van der Waals surface area contributed by atoms with E-state index in [0.29, 0.717) is 23.5 Å². The maximum Gasteiger partial charge on any atom is 0.265 e. The van der Waals surface area contributed by atoms with Crippen LogP contribution in [0, 0.1) is 0 Å². The number of rotatable bonds is 6. The highest BCUT2D eigenvalue weighted by Gasteiger charge is 2.51. The van der Waals surface area contributed by atoms with Crippen LogP contribution < -0.4 is 9.80 Å². The number of amides is 1. The fraction of sp³-hybridized carbons (Fsp3) is 0.226. The first-order valence-electron chi connectivity index (χ1n) is 12.7. The predicted molar refractivity (Wildman–Crippen MR) is 146 cm³/mol. The number of hydrogen-bond donors (Lipinski definition) is 1. The summed E-state index contributed by atoms with van der Waals surface area (Å²) in [6.45, 7) is 3.70. The summed E-state index contributed by atoms with van der Waals surface area (Å²) in [7, 11) is 0. The molecule has 1 amide bonds. The van der Waals surface area contributed by atoms with Crippen molar-refractivity contribution in [2.45, 2.75) is 12.0 Å². The van der Waals surface area contributed by atoms with Crippen LogP contribution in [0.4, 0.5) is 11.4 Å². The van der Waals surface area contributed by atoms with E-state index in [-0.39, 0.29) is 12.2 Å². The zero-order chi connectivity index (χ0) is 25.4. The van der Waals surface area contributed by atoms with Crippen molar-refractivity contribution < 1.29 is 14.7 Å². The van der Waals surface area contributed by atoms with E-state index in [9.17, 15) is 14.7 Å². The number of carbonyl (C=O) groups excluding carboxylic acids is 2. The molecule has 1 N–H and O–H groups in total. The van der Waals surface area contributed by atoms with Crippen LogP contribution in [0.5, 0.6) is 0 Å². The molecular weight excluding hydrogens is 462 g/mol. The van der Waals surface area contributed by atoms with Crippen molar-refractivity contribution in [2.75, 3.05) is 42.6 Å². The Morgan fingerprint density at radius 3 is 2.24 bits per heavy atom. The minimum atomic E-state index is -1.88. The lowest BCUT2D eigenvalue weighted by molar-refractivity contribution is -0.136. The maximum absolute atomic E-state index is 13.7. The molecule has 6 rings (SSSR count). The van der Waals surface area contributed by atoms with Crippen LogP contribution in [-0.4, -0.2) is 54.5 Å². The highest BCUT2D eigenvalue weighted by atomic mass is 16.3. The largest absolute Gasteiger partial charge is 0.375 e. The Morgan fingerprint density at radius 2 is 1.46 bits per heavy atom. The third-order valence-electron chi connectivity index (χ3n) is 7.56. The Labute approximate surface area is 216 Å². The lowest BCUT2D eigenvalue weighted by Crippen LogP contribution is -2.52. The Hall–Kier alpha value is -4.00. The third kappa shape index (κ3) is 4.28. The van der Waals surface area contributed by atoms with Crippen molar-refractivity contribution in [3.63, 3.8) is 0 Å². The van der Waals surface area contributed by atoms with E-state index in [2.05, 4.69) is 21.9 Å². The molecule has 4 aromatic carbocycles. The van der Waals surface area contributed by atoms with Crippen molar-refractivity contribution in [3.05, 3.63) is 108 Å². The van der Waals surface area contributed by atoms with Gasteiger partial charge in [0.1, 0.15) is 0 Å². The molecule has 6 heteroatoms. The average molecular weight is 492 g/mol. The van der Waals surface area contributed by atoms with Gasteiger partial charge in [0.25, 0.3) is 5.91 Å². The summed E-state index contributed by atoms with van der Waals surface area (Å²) in [5, 5.41) is 13.7. The molecule has 2 aliphatic rings. The molecule has 2 aliphatic heterocycles. The number of Topliss-reactive ketones (excluding diaryl/α,β-unsaturated/α-hetero) is 1. The summed E-state index contributed by atoms with van der Waals surface area (Å²) < 4.78 is 0. The number of nitrogens with zero attached hydrogens (tertiary/aromatic N) is 3. The van der Waals surface area contributed by atoms with Gasteiger partial charge in [0.15, 0.2) is 11.4 Å². The van der Waals surface area contributed by atoms with Gasteiger partial charge in [-0.2, -0.15) is 0 Å². The second kappa shape index (κ2) is 9.47. The molecule has 4 aromatic rings. The number of fused-ring (bicyclic) bond motifs is 2. The maximum atomic E-state index is 13.7. The van der Waals surface area contributed by atoms with Crippen molar-refractivity contribution in [2.24, 2.45) is 0 Å². The average Bonchev–Trinajstić information content (AvgIpc) is 3.15. The van der Waals surface area contributed by atoms with E-state index in [0.717, 1.165) is 37.0 Å². The van der Waals surface area contributed by atoms with Crippen LogP contribution in [0.15, 0.2) is 97.1 Å². The zero-order valence-corrected chi connectivity index (χ0v) is 20.6. The second-order valence-electron chi connectivity index (χ2n) is 9.85. The Balaban J connectivity index is 1.20. The lowest BCUT2D eigenvalue weighted by Gasteiger charge is -2.38. The molecule has 0 aliphatic carbocycles. The fourth-order valence-electron chi connectivity index (χ4n) is 5.50. The molecule has 1 atom stereocenters. The number of benzene rings is 4. The summed E-state index contributed by atoms with van der Waals surface area (Å²) in [6.07, 6.45) is -0.292. The normalized spacial score (nSPS) is 19.9. The highest BCUT2D eigenvalue weighted by Crippen LogP contribution is 2.43. The number of anilines is 2. The van der Waals surface area contributed by atoms with E-state index < -0.39 is 11.5 Å². The van der Waals surface area contributed by atoms with E-state index in [1.807, 2.05) is 66.7 Å². The van der Waals surface area contributed by atoms with Crippen LogP contribution in [0.1, 0.15) is 22.3 Å². The summed E-state index contributed by atoms with van der Waals surface area (Å²) in [5.41, 5.74) is 0.980. The topological polar surface area (TPSA) is 64.1 Å². The molecule has 6 nitrogen and oxygen atoms in total. The Bertz CT molecular complexity index is 1460.